The molecule has 3 heterocycles. The summed E-state index contributed by atoms with van der Waals surface area (Å²) in [5.41, 5.74) is 5.71. The van der Waals surface area contributed by atoms with Gasteiger partial charge in [-0.25, -0.2) is 4.98 Å². The number of phenolic OH excluding ortho intramolecular Hbond substituents is 1. The highest BCUT2D eigenvalue weighted by molar-refractivity contribution is 5.99. The first-order valence-electron chi connectivity index (χ1n) is 9.80. The Kier molecular flexibility index (Phi) is 4.30. The van der Waals surface area contributed by atoms with E-state index >= 15 is 0 Å². The van der Waals surface area contributed by atoms with Crippen LogP contribution in [0, 0.1) is 25.2 Å². The average molecular weight is 406 g/mol. The fourth-order valence-electron chi connectivity index (χ4n) is 3.74. The second kappa shape index (κ2) is 7.15. The predicted molar refractivity (Wildman–Crippen MR) is 118 cm³/mol. The van der Waals surface area contributed by atoms with Crippen LogP contribution >= 0.6 is 0 Å². The van der Waals surface area contributed by atoms with E-state index in [1.165, 1.54) is 5.56 Å². The number of rotatable bonds is 3. The zero-order valence-corrected chi connectivity index (χ0v) is 17.0. The molecule has 0 amide bonds. The van der Waals surface area contributed by atoms with Crippen LogP contribution in [-0.2, 0) is 0 Å². The van der Waals surface area contributed by atoms with Gasteiger partial charge >= 0.3 is 0 Å². The fourth-order valence-corrected chi connectivity index (χ4v) is 3.74. The number of aromatic nitrogens is 3. The van der Waals surface area contributed by atoms with Crippen molar-refractivity contribution in [1.29, 1.82) is 5.26 Å². The molecule has 0 saturated heterocycles. The summed E-state index contributed by atoms with van der Waals surface area (Å²) in [5, 5.41) is 27.8. The van der Waals surface area contributed by atoms with Gasteiger partial charge in [-0.3, -0.25) is 5.10 Å². The van der Waals surface area contributed by atoms with E-state index in [1.54, 1.807) is 24.3 Å². The van der Waals surface area contributed by atoms with Crippen LogP contribution in [0.25, 0.3) is 44.9 Å². The van der Waals surface area contributed by atoms with Crippen LogP contribution < -0.4 is 0 Å². The third-order valence-electron chi connectivity index (χ3n) is 5.33. The number of nitrogens with one attached hydrogen (secondary N) is 1. The molecule has 0 spiro atoms. The van der Waals surface area contributed by atoms with Gasteiger partial charge in [0.2, 0.25) is 0 Å². The quantitative estimate of drug-likeness (QED) is 0.398. The highest BCUT2D eigenvalue weighted by Gasteiger charge is 2.23. The third kappa shape index (κ3) is 3.13. The minimum Gasteiger partial charge on any atom is -0.508 e. The van der Waals surface area contributed by atoms with Crippen molar-refractivity contribution in [2.75, 3.05) is 0 Å². The van der Waals surface area contributed by atoms with E-state index in [4.69, 9.17) is 4.42 Å². The minimum atomic E-state index is 0.148. The molecule has 0 atom stereocenters. The van der Waals surface area contributed by atoms with Gasteiger partial charge in [0.05, 0.1) is 27.9 Å². The van der Waals surface area contributed by atoms with Gasteiger partial charge in [0.15, 0.2) is 5.65 Å². The summed E-state index contributed by atoms with van der Waals surface area (Å²) in [7, 11) is 0. The molecule has 0 unspecified atom stereocenters. The molecule has 5 aromatic rings. The van der Waals surface area contributed by atoms with Crippen molar-refractivity contribution in [2.45, 2.75) is 13.8 Å². The summed E-state index contributed by atoms with van der Waals surface area (Å²) in [6.45, 7) is 3.91. The van der Waals surface area contributed by atoms with Gasteiger partial charge in [-0.2, -0.15) is 10.4 Å². The molecule has 5 rings (SSSR count). The van der Waals surface area contributed by atoms with E-state index in [1.807, 2.05) is 50.2 Å². The number of H-pyrrole nitrogens is 1. The summed E-state index contributed by atoms with van der Waals surface area (Å²) in [4.78, 5) is 4.66. The molecule has 6 heteroatoms. The van der Waals surface area contributed by atoms with E-state index in [0.717, 1.165) is 28.0 Å². The molecule has 2 N–H and O–H groups in total. The maximum Gasteiger partial charge on any atom is 0.156 e. The summed E-state index contributed by atoms with van der Waals surface area (Å²) in [6.07, 6.45) is 0. The molecule has 0 bridgehead atoms. The number of aromatic amines is 1. The van der Waals surface area contributed by atoms with Gasteiger partial charge in [0.25, 0.3) is 0 Å². The summed E-state index contributed by atoms with van der Waals surface area (Å²) < 4.78 is 6.22. The monoisotopic (exact) mass is 406 g/mol. The smallest absolute Gasteiger partial charge is 0.156 e. The molecular weight excluding hydrogens is 388 g/mol. The largest absolute Gasteiger partial charge is 0.508 e. The number of aromatic hydroxyl groups is 1. The van der Waals surface area contributed by atoms with Crippen LogP contribution in [0.3, 0.4) is 0 Å². The number of fused-ring (bicyclic) bond motifs is 1. The maximum atomic E-state index is 10.1. The number of phenols is 1. The van der Waals surface area contributed by atoms with E-state index in [9.17, 15) is 10.4 Å². The molecule has 150 valence electrons. The number of aryl methyl sites for hydroxylation is 2. The number of benzene rings is 2. The van der Waals surface area contributed by atoms with Gasteiger partial charge < -0.3 is 9.52 Å². The molecule has 6 nitrogen and oxygen atoms in total. The zero-order chi connectivity index (χ0) is 21.5. The first-order chi connectivity index (χ1) is 15.0. The molecule has 0 aliphatic rings. The van der Waals surface area contributed by atoms with Gasteiger partial charge in [0.1, 0.15) is 23.3 Å². The SMILES string of the molecule is Cc1ccc(-c2ccc(-c3c(C#N)c(-c4ccc(O)cc4)nc4[nH]nc(C)c34)o2)cc1. The lowest BCUT2D eigenvalue weighted by atomic mass is 9.97. The first kappa shape index (κ1) is 18.6. The Labute approximate surface area is 178 Å². The number of furan rings is 1. The minimum absolute atomic E-state index is 0.148. The Morgan fingerprint density at radius 3 is 2.29 bits per heavy atom. The number of nitrogens with zero attached hydrogens (tertiary/aromatic N) is 3. The van der Waals surface area contributed by atoms with E-state index in [-0.39, 0.29) is 5.75 Å². The molecule has 0 aliphatic carbocycles. The van der Waals surface area contributed by atoms with E-state index < -0.39 is 0 Å². The number of pyridine rings is 1. The van der Waals surface area contributed by atoms with Crippen molar-refractivity contribution in [3.63, 3.8) is 0 Å². The second-order valence-corrected chi connectivity index (χ2v) is 7.43. The summed E-state index contributed by atoms with van der Waals surface area (Å²) in [5.74, 6) is 1.44. The van der Waals surface area contributed by atoms with Crippen molar-refractivity contribution in [2.24, 2.45) is 0 Å². The highest BCUT2D eigenvalue weighted by Crippen LogP contribution is 2.39. The van der Waals surface area contributed by atoms with Crippen molar-refractivity contribution >= 4 is 11.0 Å². The van der Waals surface area contributed by atoms with Crippen LogP contribution in [0.4, 0.5) is 0 Å². The van der Waals surface area contributed by atoms with Gasteiger partial charge in [-0.1, -0.05) is 29.8 Å². The normalized spacial score (nSPS) is 11.0. The molecule has 2 aromatic carbocycles. The molecular formula is C25H18N4O2. The van der Waals surface area contributed by atoms with E-state index in [0.29, 0.717) is 28.2 Å². The number of hydrogen-bond donors (Lipinski definition) is 2. The fraction of sp³-hybridized carbons (Fsp3) is 0.0800. The van der Waals surface area contributed by atoms with Gasteiger partial charge in [-0.15, -0.1) is 0 Å². The Balaban J connectivity index is 1.76. The lowest BCUT2D eigenvalue weighted by Crippen LogP contribution is -1.95. The van der Waals surface area contributed by atoms with Gasteiger partial charge in [-0.05, 0) is 50.2 Å². The molecule has 3 aromatic heterocycles. The van der Waals surface area contributed by atoms with Crippen LogP contribution in [0.2, 0.25) is 0 Å². The molecule has 31 heavy (non-hydrogen) atoms. The molecule has 0 fully saturated rings. The highest BCUT2D eigenvalue weighted by atomic mass is 16.3. The van der Waals surface area contributed by atoms with Crippen molar-refractivity contribution in [3.8, 4) is 45.7 Å². The van der Waals surface area contributed by atoms with Gasteiger partial charge in [0, 0.05) is 11.1 Å². The Morgan fingerprint density at radius 2 is 1.58 bits per heavy atom. The Bertz CT molecular complexity index is 1450. The predicted octanol–water partition coefficient (Wildman–Crippen LogP) is 5.75. The molecule has 0 aliphatic heterocycles. The number of nitriles is 1. The Hall–Kier alpha value is -4.37. The van der Waals surface area contributed by atoms with Crippen molar-refractivity contribution in [3.05, 3.63) is 77.5 Å². The first-order valence-corrected chi connectivity index (χ1v) is 9.80. The standard InChI is InChI=1S/C25H18N4O2/c1-14-3-5-16(6-4-14)20-11-12-21(31-20)23-19(13-26)24(17-7-9-18(30)10-8-17)27-25-22(23)15(2)28-29-25/h3-12,30H,1-2H3,(H,27,28,29). The summed E-state index contributed by atoms with van der Waals surface area (Å²) >= 11 is 0. The molecule has 0 saturated carbocycles. The maximum absolute atomic E-state index is 10.1. The number of hydrogen-bond acceptors (Lipinski definition) is 5. The van der Waals surface area contributed by atoms with Crippen molar-refractivity contribution < 1.29 is 9.52 Å². The molecule has 0 radical (unpaired) electrons. The lowest BCUT2D eigenvalue weighted by Gasteiger charge is -2.10. The van der Waals surface area contributed by atoms with Crippen LogP contribution in [-0.4, -0.2) is 20.3 Å². The second-order valence-electron chi connectivity index (χ2n) is 7.43. The Morgan fingerprint density at radius 1 is 0.903 bits per heavy atom. The average Bonchev–Trinajstić information content (AvgIpc) is 3.41. The topological polar surface area (TPSA) is 98.7 Å². The van der Waals surface area contributed by atoms with Crippen molar-refractivity contribution in [1.82, 2.24) is 15.2 Å². The summed E-state index contributed by atoms with van der Waals surface area (Å²) in [6, 6.07) is 20.8. The van der Waals surface area contributed by atoms with E-state index in [2.05, 4.69) is 21.3 Å². The van der Waals surface area contributed by atoms with Crippen LogP contribution in [0.5, 0.6) is 5.75 Å². The third-order valence-corrected chi connectivity index (χ3v) is 5.33. The zero-order valence-electron chi connectivity index (χ0n) is 17.0. The van der Waals surface area contributed by atoms with Crippen LogP contribution in [0.1, 0.15) is 16.8 Å². The van der Waals surface area contributed by atoms with Crippen LogP contribution in [0.15, 0.2) is 65.1 Å². The lowest BCUT2D eigenvalue weighted by molar-refractivity contribution is 0.475.